The van der Waals surface area contributed by atoms with Gasteiger partial charge in [0.2, 0.25) is 5.91 Å². The third-order valence-electron chi connectivity index (χ3n) is 4.74. The molecule has 102 valence electrons. The number of piperidine rings is 1. The molecule has 2 aliphatic rings. The molecule has 0 aliphatic carbocycles. The summed E-state index contributed by atoms with van der Waals surface area (Å²) in [6, 6.07) is 8.31. The first-order valence-electron chi connectivity index (χ1n) is 7.37. The molecule has 1 fully saturated rings. The summed E-state index contributed by atoms with van der Waals surface area (Å²) in [6.45, 7) is 4.87. The zero-order valence-electron chi connectivity index (χ0n) is 11.6. The SMILES string of the molecule is CCC1(C(=O)N2CCc3ccccc32)CCCNC1. The second kappa shape index (κ2) is 4.97. The van der Waals surface area contributed by atoms with Gasteiger partial charge >= 0.3 is 0 Å². The molecule has 2 heterocycles. The molecule has 1 N–H and O–H groups in total. The minimum atomic E-state index is -0.185. The van der Waals surface area contributed by atoms with E-state index in [1.165, 1.54) is 5.56 Å². The number of hydrogen-bond acceptors (Lipinski definition) is 2. The molecule has 1 atom stereocenters. The Morgan fingerprint density at radius 3 is 3.00 bits per heavy atom. The first-order chi connectivity index (χ1) is 9.27. The van der Waals surface area contributed by atoms with Crippen LogP contribution in [0.2, 0.25) is 0 Å². The van der Waals surface area contributed by atoms with E-state index in [0.29, 0.717) is 5.91 Å². The van der Waals surface area contributed by atoms with E-state index in [9.17, 15) is 4.79 Å². The lowest BCUT2D eigenvalue weighted by molar-refractivity contribution is -0.129. The van der Waals surface area contributed by atoms with Crippen molar-refractivity contribution in [1.82, 2.24) is 5.32 Å². The van der Waals surface area contributed by atoms with Gasteiger partial charge in [-0.15, -0.1) is 0 Å². The molecule has 19 heavy (non-hydrogen) atoms. The highest BCUT2D eigenvalue weighted by atomic mass is 16.2. The Bertz CT molecular complexity index is 477. The smallest absolute Gasteiger partial charge is 0.234 e. The number of nitrogens with one attached hydrogen (secondary N) is 1. The van der Waals surface area contributed by atoms with Gasteiger partial charge in [-0.25, -0.2) is 0 Å². The average Bonchev–Trinajstić information content (AvgIpc) is 2.91. The summed E-state index contributed by atoms with van der Waals surface area (Å²) in [6.07, 6.45) is 4.05. The summed E-state index contributed by atoms with van der Waals surface area (Å²) in [7, 11) is 0. The fourth-order valence-electron chi connectivity index (χ4n) is 3.44. The Kier molecular flexibility index (Phi) is 3.31. The van der Waals surface area contributed by atoms with Crippen LogP contribution in [0, 0.1) is 5.41 Å². The average molecular weight is 258 g/mol. The van der Waals surface area contributed by atoms with Gasteiger partial charge in [-0.05, 0) is 43.9 Å². The van der Waals surface area contributed by atoms with Crippen molar-refractivity contribution in [3.63, 3.8) is 0 Å². The largest absolute Gasteiger partial charge is 0.316 e. The monoisotopic (exact) mass is 258 g/mol. The van der Waals surface area contributed by atoms with Gasteiger partial charge in [0.15, 0.2) is 0 Å². The van der Waals surface area contributed by atoms with E-state index in [1.54, 1.807) is 0 Å². The number of hydrogen-bond donors (Lipinski definition) is 1. The van der Waals surface area contributed by atoms with Crippen LogP contribution in [0.4, 0.5) is 5.69 Å². The van der Waals surface area contributed by atoms with Gasteiger partial charge in [0.25, 0.3) is 0 Å². The predicted molar refractivity (Wildman–Crippen MR) is 77.3 cm³/mol. The van der Waals surface area contributed by atoms with E-state index in [-0.39, 0.29) is 5.41 Å². The number of anilines is 1. The van der Waals surface area contributed by atoms with Crippen molar-refractivity contribution in [3.8, 4) is 0 Å². The number of para-hydroxylation sites is 1. The van der Waals surface area contributed by atoms with Crippen molar-refractivity contribution < 1.29 is 4.79 Å². The number of fused-ring (bicyclic) bond motifs is 1. The zero-order chi connectivity index (χ0) is 13.3. The second-order valence-corrected chi connectivity index (χ2v) is 5.75. The van der Waals surface area contributed by atoms with Gasteiger partial charge in [-0.2, -0.15) is 0 Å². The molecule has 2 aliphatic heterocycles. The molecule has 1 saturated heterocycles. The number of benzene rings is 1. The first kappa shape index (κ1) is 12.7. The van der Waals surface area contributed by atoms with Crippen LogP contribution in [0.3, 0.4) is 0 Å². The molecule has 3 heteroatoms. The molecule has 0 aromatic heterocycles. The maximum Gasteiger partial charge on any atom is 0.234 e. The minimum Gasteiger partial charge on any atom is -0.316 e. The van der Waals surface area contributed by atoms with E-state index in [4.69, 9.17) is 0 Å². The van der Waals surface area contributed by atoms with Crippen LogP contribution >= 0.6 is 0 Å². The Morgan fingerprint density at radius 2 is 2.26 bits per heavy atom. The van der Waals surface area contributed by atoms with Gasteiger partial charge in [0, 0.05) is 18.8 Å². The number of rotatable bonds is 2. The number of amides is 1. The quantitative estimate of drug-likeness (QED) is 0.883. The molecular formula is C16H22N2O. The van der Waals surface area contributed by atoms with Gasteiger partial charge in [0.05, 0.1) is 5.41 Å². The summed E-state index contributed by atoms with van der Waals surface area (Å²) < 4.78 is 0. The standard InChI is InChI=1S/C16H22N2O/c1-2-16(9-5-10-17-12-16)15(19)18-11-8-13-6-3-4-7-14(13)18/h3-4,6-7,17H,2,5,8-12H2,1H3. The van der Waals surface area contributed by atoms with Crippen LogP contribution in [0.25, 0.3) is 0 Å². The number of nitrogens with zero attached hydrogens (tertiary/aromatic N) is 1. The van der Waals surface area contributed by atoms with Crippen molar-refractivity contribution in [2.24, 2.45) is 5.41 Å². The van der Waals surface area contributed by atoms with Crippen molar-refractivity contribution in [2.45, 2.75) is 32.6 Å². The maximum absolute atomic E-state index is 13.0. The Labute approximate surface area is 115 Å². The summed E-state index contributed by atoms with van der Waals surface area (Å²) in [5.41, 5.74) is 2.26. The van der Waals surface area contributed by atoms with E-state index in [1.807, 2.05) is 11.0 Å². The first-order valence-corrected chi connectivity index (χ1v) is 7.37. The Balaban J connectivity index is 1.88. The van der Waals surface area contributed by atoms with Crippen molar-refractivity contribution in [3.05, 3.63) is 29.8 Å². The van der Waals surface area contributed by atoms with Crippen LogP contribution < -0.4 is 10.2 Å². The summed E-state index contributed by atoms with van der Waals surface area (Å²) in [5.74, 6) is 0.326. The highest BCUT2D eigenvalue weighted by Crippen LogP contribution is 2.37. The fraction of sp³-hybridized carbons (Fsp3) is 0.562. The minimum absolute atomic E-state index is 0.185. The summed E-state index contributed by atoms with van der Waals surface area (Å²) in [4.78, 5) is 15.0. The van der Waals surface area contributed by atoms with E-state index in [0.717, 1.165) is 51.0 Å². The number of carbonyl (C=O) groups excluding carboxylic acids is 1. The van der Waals surface area contributed by atoms with E-state index < -0.39 is 0 Å². The lowest BCUT2D eigenvalue weighted by Crippen LogP contribution is -2.51. The lowest BCUT2D eigenvalue weighted by Gasteiger charge is -2.38. The fourth-order valence-corrected chi connectivity index (χ4v) is 3.44. The topological polar surface area (TPSA) is 32.3 Å². The van der Waals surface area contributed by atoms with Crippen molar-refractivity contribution in [1.29, 1.82) is 0 Å². The van der Waals surface area contributed by atoms with E-state index >= 15 is 0 Å². The molecule has 1 aromatic carbocycles. The summed E-state index contributed by atoms with van der Waals surface area (Å²) >= 11 is 0. The maximum atomic E-state index is 13.0. The predicted octanol–water partition coefficient (Wildman–Crippen LogP) is 2.36. The molecule has 3 nitrogen and oxygen atoms in total. The molecule has 3 rings (SSSR count). The van der Waals surface area contributed by atoms with Gasteiger partial charge in [0.1, 0.15) is 0 Å². The molecule has 1 unspecified atom stereocenters. The summed E-state index contributed by atoms with van der Waals surface area (Å²) in [5, 5.41) is 3.41. The zero-order valence-corrected chi connectivity index (χ0v) is 11.6. The highest BCUT2D eigenvalue weighted by Gasteiger charge is 2.42. The Morgan fingerprint density at radius 1 is 1.42 bits per heavy atom. The van der Waals surface area contributed by atoms with Gasteiger partial charge in [-0.3, -0.25) is 4.79 Å². The molecule has 1 aromatic rings. The molecular weight excluding hydrogens is 236 g/mol. The number of carbonyl (C=O) groups is 1. The van der Waals surface area contributed by atoms with Crippen LogP contribution in [0.5, 0.6) is 0 Å². The molecule has 0 bridgehead atoms. The lowest BCUT2D eigenvalue weighted by atomic mass is 9.77. The van der Waals surface area contributed by atoms with Crippen molar-refractivity contribution >= 4 is 11.6 Å². The van der Waals surface area contributed by atoms with Crippen LogP contribution in [-0.4, -0.2) is 25.5 Å². The third kappa shape index (κ3) is 2.06. The van der Waals surface area contributed by atoms with Crippen LogP contribution in [0.1, 0.15) is 31.7 Å². The highest BCUT2D eigenvalue weighted by molar-refractivity contribution is 5.99. The van der Waals surface area contributed by atoms with Crippen LogP contribution in [0.15, 0.2) is 24.3 Å². The Hall–Kier alpha value is -1.35. The molecule has 0 radical (unpaired) electrons. The van der Waals surface area contributed by atoms with Gasteiger partial charge in [-0.1, -0.05) is 25.1 Å². The third-order valence-corrected chi connectivity index (χ3v) is 4.74. The van der Waals surface area contributed by atoms with Gasteiger partial charge < -0.3 is 10.2 Å². The van der Waals surface area contributed by atoms with Crippen molar-refractivity contribution in [2.75, 3.05) is 24.5 Å². The molecule has 0 spiro atoms. The van der Waals surface area contributed by atoms with Crippen LogP contribution in [-0.2, 0) is 11.2 Å². The second-order valence-electron chi connectivity index (χ2n) is 5.75. The normalized spacial score (nSPS) is 26.3. The van der Waals surface area contributed by atoms with E-state index in [2.05, 4.69) is 30.4 Å². The molecule has 1 amide bonds. The molecule has 0 saturated carbocycles.